The lowest BCUT2D eigenvalue weighted by molar-refractivity contribution is -0.134. The molecule has 7 N–H and O–H groups in total. The molecule has 6 atom stereocenters. The second-order valence-electron chi connectivity index (χ2n) is 16.7. The normalized spacial score (nSPS) is 26.9. The second kappa shape index (κ2) is 17.1. The molecule has 62 heavy (non-hydrogen) atoms. The van der Waals surface area contributed by atoms with Crippen LogP contribution in [-0.2, 0) is 63.5 Å². The van der Waals surface area contributed by atoms with Gasteiger partial charge in [0, 0.05) is 49.1 Å². The first-order valence-corrected chi connectivity index (χ1v) is 23.3. The van der Waals surface area contributed by atoms with Crippen molar-refractivity contribution in [1.29, 1.82) is 0 Å². The summed E-state index contributed by atoms with van der Waals surface area (Å²) in [4.78, 5) is 66.6. The molecule has 4 saturated carbocycles. The van der Waals surface area contributed by atoms with Gasteiger partial charge in [0.05, 0.1) is 52.5 Å². The summed E-state index contributed by atoms with van der Waals surface area (Å²) < 4.78 is 53.1. The average Bonchev–Trinajstić information content (AvgIpc) is 4.07. The lowest BCUT2D eigenvalue weighted by Crippen LogP contribution is -2.54. The van der Waals surface area contributed by atoms with Crippen LogP contribution in [0.15, 0.2) is 68.0 Å². The molecule has 2 aliphatic heterocycles. The summed E-state index contributed by atoms with van der Waals surface area (Å²) in [5.41, 5.74) is 1.18. The maximum absolute atomic E-state index is 13.5. The van der Waals surface area contributed by atoms with E-state index < -0.39 is 71.2 Å². The molecule has 0 spiro atoms. The molecule has 2 aromatic heterocycles. The average molecular weight is 913 g/mol. The molecular weight excluding hydrogens is 864 g/mol. The number of carbonyl (C=O) groups excluding carboxylic acids is 5. The number of halogens is 1. The van der Waals surface area contributed by atoms with E-state index in [0.29, 0.717) is 57.4 Å². The summed E-state index contributed by atoms with van der Waals surface area (Å²) in [7, 11) is -7.44. The highest BCUT2D eigenvalue weighted by molar-refractivity contribution is 7.91. The van der Waals surface area contributed by atoms with E-state index >= 15 is 0 Å². The van der Waals surface area contributed by atoms with E-state index in [2.05, 4.69) is 58.9 Å². The SMILES string of the molecule is C=C[C@@H]1C[C@]1(NC(=O)C1CN(C(=O)Cc2ccccc2)Cc2cn[nH]c21)C(=O)NS(=O)(=O)C1CC1.C=C[C@@H]1C[C@]1(NC(=O)C1CNCc2cn[nH]c21)C(=O)NS(=O)(=O)C1CC1.Cl. The van der Waals surface area contributed by atoms with Gasteiger partial charge in [0.15, 0.2) is 0 Å². The molecule has 3 aromatic rings. The highest BCUT2D eigenvalue weighted by Gasteiger charge is 2.62. The van der Waals surface area contributed by atoms with Gasteiger partial charge in [0.1, 0.15) is 11.1 Å². The Hall–Kier alpha value is -5.38. The van der Waals surface area contributed by atoms with Gasteiger partial charge in [0.2, 0.25) is 37.8 Å². The lowest BCUT2D eigenvalue weighted by Gasteiger charge is -2.32. The Morgan fingerprint density at radius 2 is 1.26 bits per heavy atom. The van der Waals surface area contributed by atoms with E-state index in [9.17, 15) is 40.8 Å². The Kier molecular flexibility index (Phi) is 12.3. The Bertz CT molecular complexity index is 2510. The van der Waals surface area contributed by atoms with Crippen molar-refractivity contribution in [3.05, 3.63) is 96.1 Å². The number of H-pyrrole nitrogens is 2. The van der Waals surface area contributed by atoms with Crippen molar-refractivity contribution in [2.75, 3.05) is 13.1 Å². The highest BCUT2D eigenvalue weighted by atomic mass is 35.5. The molecule has 0 bridgehead atoms. The quantitative estimate of drug-likeness (QED) is 0.109. The fraction of sp³-hybridized carbons (Fsp3) is 0.475. The Labute approximate surface area is 364 Å². The number of aromatic nitrogens is 4. The van der Waals surface area contributed by atoms with E-state index in [4.69, 9.17) is 0 Å². The molecule has 9 rings (SSSR count). The fourth-order valence-corrected chi connectivity index (χ4v) is 10.8. The Morgan fingerprint density at radius 1 is 0.758 bits per heavy atom. The van der Waals surface area contributed by atoms with E-state index in [-0.39, 0.29) is 55.4 Å². The molecule has 4 heterocycles. The molecule has 4 fully saturated rings. The standard InChI is InChI=1S/C24H27N5O5S.C16H21N5O4S.ClH/c1-2-17-11-24(17,23(32)28-35(33,34)18-8-9-18)26-22(31)19-14-29(13-16-12-25-27-21(16)19)20(30)10-15-6-4-3-5-7-15;1-2-10-5-16(10,15(23)21-26(24,25)11-3-4-11)19-14(22)12-8-17-6-9-7-18-20-13(9)12;/h2-7,12,17-19H,1,8-11,13-14H2,(H,25,27)(H,26,31)(H,28,32);2,7,10-12,17H,1,3-6,8H2,(H,18,20)(H,19,22)(H,21,23);1H/t17-,19?,24-;10-,12?,16-;/m11./s1. The van der Waals surface area contributed by atoms with Crippen LogP contribution in [0.5, 0.6) is 0 Å². The third kappa shape index (κ3) is 8.93. The fourth-order valence-electron chi connectivity index (χ4n) is 8.10. The third-order valence-corrected chi connectivity index (χ3v) is 15.9. The number of fused-ring (bicyclic) bond motifs is 2. The van der Waals surface area contributed by atoms with Crippen LogP contribution >= 0.6 is 12.4 Å². The van der Waals surface area contributed by atoms with Crippen LogP contribution in [0.1, 0.15) is 78.4 Å². The summed E-state index contributed by atoms with van der Waals surface area (Å²) in [5.74, 6) is -4.35. The monoisotopic (exact) mass is 912 g/mol. The number of carbonyl (C=O) groups is 5. The van der Waals surface area contributed by atoms with E-state index in [1.807, 2.05) is 30.3 Å². The van der Waals surface area contributed by atoms with Crippen LogP contribution < -0.4 is 25.4 Å². The van der Waals surface area contributed by atoms with Crippen LogP contribution in [0.4, 0.5) is 0 Å². The largest absolute Gasteiger partial charge is 0.341 e. The number of hydrogen-bond donors (Lipinski definition) is 7. The van der Waals surface area contributed by atoms with Gasteiger partial charge < -0.3 is 20.9 Å². The first kappa shape index (κ1) is 44.7. The number of nitrogens with one attached hydrogen (secondary N) is 7. The maximum atomic E-state index is 13.5. The van der Waals surface area contributed by atoms with Crippen molar-refractivity contribution < 1.29 is 40.8 Å². The van der Waals surface area contributed by atoms with Crippen LogP contribution in [0.25, 0.3) is 0 Å². The smallest absolute Gasteiger partial charge is 0.259 e. The molecule has 4 aliphatic carbocycles. The predicted octanol–water partition coefficient (Wildman–Crippen LogP) is 0.435. The zero-order valence-corrected chi connectivity index (χ0v) is 36.0. The second-order valence-corrected chi connectivity index (χ2v) is 20.6. The van der Waals surface area contributed by atoms with Gasteiger partial charge in [-0.1, -0.05) is 42.5 Å². The number of nitrogens with zero attached hydrogens (tertiary/aromatic N) is 3. The van der Waals surface area contributed by atoms with Crippen LogP contribution in [0.3, 0.4) is 0 Å². The Balaban J connectivity index is 0.000000191. The highest BCUT2D eigenvalue weighted by Crippen LogP contribution is 2.47. The zero-order valence-electron chi connectivity index (χ0n) is 33.6. The van der Waals surface area contributed by atoms with Crippen molar-refractivity contribution in [3.8, 4) is 0 Å². The van der Waals surface area contributed by atoms with Crippen molar-refractivity contribution in [1.82, 2.24) is 50.7 Å². The van der Waals surface area contributed by atoms with E-state index in [0.717, 1.165) is 22.4 Å². The van der Waals surface area contributed by atoms with Gasteiger partial charge in [-0.2, -0.15) is 10.2 Å². The first-order chi connectivity index (χ1) is 29.1. The molecular formula is C40H49ClN10O9S2. The van der Waals surface area contributed by atoms with Crippen molar-refractivity contribution in [2.24, 2.45) is 11.8 Å². The molecule has 22 heteroatoms. The van der Waals surface area contributed by atoms with Gasteiger partial charge in [-0.25, -0.2) is 16.8 Å². The number of hydrogen-bond acceptors (Lipinski definition) is 12. The molecule has 19 nitrogen and oxygen atoms in total. The lowest BCUT2D eigenvalue weighted by atomic mass is 9.94. The summed E-state index contributed by atoms with van der Waals surface area (Å²) in [6.45, 7) is 8.87. The van der Waals surface area contributed by atoms with Gasteiger partial charge in [0.25, 0.3) is 11.8 Å². The molecule has 0 saturated heterocycles. The maximum Gasteiger partial charge on any atom is 0.259 e. The Morgan fingerprint density at radius 3 is 1.76 bits per heavy atom. The summed E-state index contributed by atoms with van der Waals surface area (Å²) in [5, 5.41) is 21.4. The van der Waals surface area contributed by atoms with Crippen LogP contribution in [-0.4, -0.2) is 106 Å². The van der Waals surface area contributed by atoms with E-state index in [1.165, 1.54) is 0 Å². The van der Waals surface area contributed by atoms with E-state index in [1.54, 1.807) is 29.4 Å². The molecule has 0 radical (unpaired) electrons. The van der Waals surface area contributed by atoms with Gasteiger partial charge in [-0.15, -0.1) is 25.6 Å². The van der Waals surface area contributed by atoms with Gasteiger partial charge in [-0.3, -0.25) is 43.6 Å². The number of sulfonamides is 2. The summed E-state index contributed by atoms with van der Waals surface area (Å²) in [6.07, 6.45) is 9.32. The topological polar surface area (TPSA) is 274 Å². The minimum Gasteiger partial charge on any atom is -0.341 e. The number of rotatable bonds is 14. The summed E-state index contributed by atoms with van der Waals surface area (Å²) >= 11 is 0. The summed E-state index contributed by atoms with van der Waals surface area (Å²) in [6, 6.07) is 9.35. The first-order valence-electron chi connectivity index (χ1n) is 20.2. The van der Waals surface area contributed by atoms with Gasteiger partial charge in [-0.05, 0) is 44.1 Å². The van der Waals surface area contributed by atoms with Crippen LogP contribution in [0.2, 0.25) is 0 Å². The molecule has 6 aliphatic rings. The number of aromatic amines is 2. The predicted molar refractivity (Wildman–Crippen MR) is 226 cm³/mol. The minimum atomic E-state index is -3.77. The molecule has 2 unspecified atom stereocenters. The van der Waals surface area contributed by atoms with Crippen LogP contribution in [0, 0.1) is 11.8 Å². The molecule has 332 valence electrons. The zero-order chi connectivity index (χ0) is 43.3. The van der Waals surface area contributed by atoms with Crippen molar-refractivity contribution in [3.63, 3.8) is 0 Å². The van der Waals surface area contributed by atoms with Gasteiger partial charge >= 0.3 is 0 Å². The number of amides is 5. The van der Waals surface area contributed by atoms with Crippen molar-refractivity contribution in [2.45, 2.75) is 91.4 Å². The minimum absolute atomic E-state index is 0. The number of benzene rings is 1. The molecule has 1 aromatic carbocycles. The third-order valence-electron chi connectivity index (χ3n) is 12.3. The molecule has 5 amide bonds. The van der Waals surface area contributed by atoms with Crippen molar-refractivity contribution >= 4 is 62.0 Å².